The van der Waals surface area contributed by atoms with E-state index in [0.29, 0.717) is 24.8 Å². The monoisotopic (exact) mass is 517 g/mol. The van der Waals surface area contributed by atoms with E-state index in [1.54, 1.807) is 0 Å². The second kappa shape index (κ2) is 13.2. The van der Waals surface area contributed by atoms with E-state index in [9.17, 15) is 18.0 Å². The van der Waals surface area contributed by atoms with E-state index in [2.05, 4.69) is 20.1 Å². The van der Waals surface area contributed by atoms with Gasteiger partial charge < -0.3 is 21.7 Å². The van der Waals surface area contributed by atoms with Gasteiger partial charge in [-0.05, 0) is 43.0 Å². The van der Waals surface area contributed by atoms with Gasteiger partial charge in [-0.15, -0.1) is 0 Å². The lowest BCUT2D eigenvalue weighted by molar-refractivity contribution is 0.0987. The van der Waals surface area contributed by atoms with Gasteiger partial charge >= 0.3 is 0 Å². The van der Waals surface area contributed by atoms with Crippen molar-refractivity contribution < 1.29 is 22.5 Å². The van der Waals surface area contributed by atoms with Crippen molar-refractivity contribution in [3.63, 3.8) is 0 Å². The largest absolute Gasteiger partial charge is 0.401 e. The number of hydrogen-bond donors (Lipinski definition) is 3. The van der Waals surface area contributed by atoms with Crippen molar-refractivity contribution in [3.8, 4) is 11.7 Å². The fourth-order valence-corrected chi connectivity index (χ4v) is 3.64. The molecule has 37 heavy (non-hydrogen) atoms. The Morgan fingerprint density at radius 3 is 2.30 bits per heavy atom. The van der Waals surface area contributed by atoms with Gasteiger partial charge in [-0.3, -0.25) is 4.79 Å². The lowest BCUT2D eigenvalue weighted by Crippen LogP contribution is -2.20. The van der Waals surface area contributed by atoms with Crippen molar-refractivity contribution in [2.75, 3.05) is 0 Å². The van der Waals surface area contributed by atoms with Crippen LogP contribution in [-0.2, 0) is 0 Å². The van der Waals surface area contributed by atoms with Crippen molar-refractivity contribution in [1.29, 1.82) is 0 Å². The summed E-state index contributed by atoms with van der Waals surface area (Å²) < 4.78 is 47.7. The van der Waals surface area contributed by atoms with Crippen LogP contribution in [-0.4, -0.2) is 26.0 Å². The first-order valence-corrected chi connectivity index (χ1v) is 11.8. The van der Waals surface area contributed by atoms with Gasteiger partial charge in [0.25, 0.3) is 17.6 Å². The summed E-state index contributed by atoms with van der Waals surface area (Å²) in [5.74, 6) is -4.62. The molecule has 1 aliphatic carbocycles. The molecule has 9 nitrogen and oxygen atoms in total. The van der Waals surface area contributed by atoms with Crippen LogP contribution in [0.25, 0.3) is 17.4 Å². The number of nitrogens with two attached hydrogens (primary N) is 3. The summed E-state index contributed by atoms with van der Waals surface area (Å²) in [5, 5.41) is 3.41. The minimum atomic E-state index is -0.910. The van der Waals surface area contributed by atoms with Crippen molar-refractivity contribution in [3.05, 3.63) is 76.3 Å². The molecule has 0 saturated heterocycles. The number of amides is 1. The summed E-state index contributed by atoms with van der Waals surface area (Å²) in [6.45, 7) is 8.00. The van der Waals surface area contributed by atoms with Gasteiger partial charge in [0.1, 0.15) is 11.6 Å². The zero-order valence-electron chi connectivity index (χ0n) is 21.1. The molecule has 3 aromatic rings. The maximum Gasteiger partial charge on any atom is 0.296 e. The van der Waals surface area contributed by atoms with Crippen LogP contribution >= 0.6 is 0 Å². The van der Waals surface area contributed by atoms with Gasteiger partial charge in [0, 0.05) is 17.3 Å². The van der Waals surface area contributed by atoms with Crippen molar-refractivity contribution >= 4 is 11.6 Å². The lowest BCUT2D eigenvalue weighted by Gasteiger charge is -2.25. The van der Waals surface area contributed by atoms with Crippen LogP contribution in [0.4, 0.5) is 13.2 Å². The molecular formula is C25H30F3N7O2. The first-order chi connectivity index (χ1) is 17.8. The van der Waals surface area contributed by atoms with Crippen LogP contribution in [0, 0.1) is 17.5 Å². The molecule has 6 N–H and O–H groups in total. The Morgan fingerprint density at radius 1 is 1.05 bits per heavy atom. The molecule has 0 saturated carbocycles. The first kappa shape index (κ1) is 29.0. The van der Waals surface area contributed by atoms with Crippen molar-refractivity contribution in [1.82, 2.24) is 20.1 Å². The highest BCUT2D eigenvalue weighted by atomic mass is 19.1. The first-order valence-electron chi connectivity index (χ1n) is 11.8. The number of aromatic nitrogens is 4. The van der Waals surface area contributed by atoms with Crippen LogP contribution in [0.5, 0.6) is 0 Å². The molecule has 2 heterocycles. The van der Waals surface area contributed by atoms with E-state index in [0.717, 1.165) is 18.3 Å². The highest BCUT2D eigenvalue weighted by Gasteiger charge is 2.28. The Labute approximate surface area is 212 Å². The predicted octanol–water partition coefficient (Wildman–Crippen LogP) is 4.58. The summed E-state index contributed by atoms with van der Waals surface area (Å²) in [6.07, 6.45) is 3.84. The van der Waals surface area contributed by atoms with Gasteiger partial charge in [0.05, 0.1) is 17.5 Å². The van der Waals surface area contributed by atoms with E-state index in [1.807, 2.05) is 27.7 Å². The number of hydrogen-bond acceptors (Lipinski definition) is 8. The molecule has 0 aliphatic heterocycles. The number of primary amides is 1. The summed E-state index contributed by atoms with van der Waals surface area (Å²) in [6, 6.07) is 3.43. The smallest absolute Gasteiger partial charge is 0.296 e. The van der Waals surface area contributed by atoms with Gasteiger partial charge in [-0.25, -0.2) is 23.1 Å². The van der Waals surface area contributed by atoms with E-state index < -0.39 is 29.3 Å². The number of allylic oxidation sites excluding steroid dienone is 3. The Kier molecular flexibility index (Phi) is 10.3. The zero-order chi connectivity index (χ0) is 27.7. The lowest BCUT2D eigenvalue weighted by atomic mass is 9.84. The molecule has 2 aromatic heterocycles. The maximum atomic E-state index is 14.7. The molecule has 1 amide bonds. The summed E-state index contributed by atoms with van der Waals surface area (Å²) in [4.78, 5) is 22.9. The van der Waals surface area contributed by atoms with Crippen LogP contribution in [0.1, 0.15) is 74.8 Å². The molecule has 0 spiro atoms. The number of rotatable bonds is 5. The fourth-order valence-electron chi connectivity index (χ4n) is 3.64. The van der Waals surface area contributed by atoms with E-state index in [1.165, 1.54) is 12.1 Å². The molecule has 0 fully saturated rings. The molecule has 198 valence electrons. The normalized spacial score (nSPS) is 15.3. The molecule has 1 aliphatic rings. The Balaban J connectivity index is 0.00000115. The number of carbonyl (C=O) groups excluding carboxylic acids is 1. The molecule has 4 rings (SSSR count). The summed E-state index contributed by atoms with van der Waals surface area (Å²) >= 11 is 0. The number of carbonyl (C=O) groups is 1. The standard InChI is InChI=1S/C21H18F3N7O2.2C2H6/c22-11-5-2-6-12(23)15(11)14(25)7-9-3-1-4-10(16(9)26)17-13(24)8-28-20(29-17)21-30-19(18(27)32)31-33-21;2*1-2/h2,5-8,10H,1,3-4,25-26H2,(H2,27,32);2*1-2H3/b14-7-;;. The molecule has 12 heteroatoms. The van der Waals surface area contributed by atoms with Crippen LogP contribution < -0.4 is 17.2 Å². The van der Waals surface area contributed by atoms with E-state index in [4.69, 9.17) is 21.7 Å². The second-order valence-electron chi connectivity index (χ2n) is 7.34. The average molecular weight is 518 g/mol. The summed E-state index contributed by atoms with van der Waals surface area (Å²) in [7, 11) is 0. The Bertz CT molecular complexity index is 1280. The van der Waals surface area contributed by atoms with Crippen molar-refractivity contribution in [2.24, 2.45) is 17.2 Å². The number of benzene rings is 1. The maximum absolute atomic E-state index is 14.7. The van der Waals surface area contributed by atoms with Gasteiger partial charge in [-0.2, -0.15) is 4.98 Å². The van der Waals surface area contributed by atoms with E-state index >= 15 is 0 Å². The molecule has 1 aromatic carbocycles. The molecule has 1 atom stereocenters. The Morgan fingerprint density at radius 2 is 1.70 bits per heavy atom. The van der Waals surface area contributed by atoms with Gasteiger partial charge in [0.15, 0.2) is 5.82 Å². The zero-order valence-corrected chi connectivity index (χ0v) is 21.1. The fraction of sp³-hybridized carbons (Fsp3) is 0.320. The van der Waals surface area contributed by atoms with Gasteiger partial charge in [-0.1, -0.05) is 38.9 Å². The van der Waals surface area contributed by atoms with Crippen LogP contribution in [0.2, 0.25) is 0 Å². The number of nitrogens with zero attached hydrogens (tertiary/aromatic N) is 4. The molecular weight excluding hydrogens is 487 g/mol. The van der Waals surface area contributed by atoms with Crippen LogP contribution in [0.15, 0.2) is 46.3 Å². The van der Waals surface area contributed by atoms with Crippen LogP contribution in [0.3, 0.4) is 0 Å². The van der Waals surface area contributed by atoms with Crippen molar-refractivity contribution in [2.45, 2.75) is 52.9 Å². The summed E-state index contributed by atoms with van der Waals surface area (Å²) in [5.41, 5.74) is 17.6. The average Bonchev–Trinajstić information content (AvgIpc) is 3.39. The third kappa shape index (κ3) is 6.51. The Hall–Kier alpha value is -4.22. The number of halogens is 3. The molecule has 0 bridgehead atoms. The highest BCUT2D eigenvalue weighted by molar-refractivity contribution is 5.88. The van der Waals surface area contributed by atoms with E-state index in [-0.39, 0.29) is 40.2 Å². The predicted molar refractivity (Wildman–Crippen MR) is 133 cm³/mol. The highest BCUT2D eigenvalue weighted by Crippen LogP contribution is 2.37. The molecule has 0 radical (unpaired) electrons. The quantitative estimate of drug-likeness (QED) is 0.443. The second-order valence-corrected chi connectivity index (χ2v) is 7.34. The molecule has 1 unspecified atom stereocenters. The SMILES string of the molecule is CC.CC.NC(=O)c1noc(-c2ncc(F)c(C3CCCC(/C=C(\N)c4c(F)cccc4F)=C3N)n2)n1. The topological polar surface area (TPSA) is 160 Å². The minimum absolute atomic E-state index is 0.0300. The third-order valence-electron chi connectivity index (χ3n) is 5.21. The third-order valence-corrected chi connectivity index (χ3v) is 5.21. The van der Waals surface area contributed by atoms with Gasteiger partial charge in [0.2, 0.25) is 5.82 Å². The minimum Gasteiger partial charge on any atom is -0.401 e.